The highest BCUT2D eigenvalue weighted by Gasteiger charge is 2.31. The smallest absolute Gasteiger partial charge is 0.0916 e. The third-order valence-corrected chi connectivity index (χ3v) is 2.61. The lowest BCUT2D eigenvalue weighted by Gasteiger charge is -2.34. The molecule has 1 unspecified atom stereocenters. The predicted molar refractivity (Wildman–Crippen MR) is 50.8 cm³/mol. The van der Waals surface area contributed by atoms with Crippen LogP contribution in [-0.4, -0.2) is 40.0 Å². The second kappa shape index (κ2) is 4.09. The third kappa shape index (κ3) is 2.21. The SMILES string of the molecule is CCC1(C)C=CNN1C[C@@H](O)CO. The summed E-state index contributed by atoms with van der Waals surface area (Å²) in [5.41, 5.74) is 3.00. The maximum absolute atomic E-state index is 9.29. The molecular formula is C9H18N2O2. The summed E-state index contributed by atoms with van der Waals surface area (Å²) < 4.78 is 0. The first-order valence-electron chi connectivity index (χ1n) is 4.63. The van der Waals surface area contributed by atoms with E-state index in [1.165, 1.54) is 0 Å². The maximum atomic E-state index is 9.29. The van der Waals surface area contributed by atoms with Gasteiger partial charge in [0.2, 0.25) is 0 Å². The van der Waals surface area contributed by atoms with E-state index in [0.29, 0.717) is 6.54 Å². The van der Waals surface area contributed by atoms with Crippen molar-refractivity contribution in [3.8, 4) is 0 Å². The molecule has 4 heteroatoms. The van der Waals surface area contributed by atoms with E-state index in [-0.39, 0.29) is 12.1 Å². The molecule has 1 heterocycles. The fraction of sp³-hybridized carbons (Fsp3) is 0.778. The van der Waals surface area contributed by atoms with Crippen molar-refractivity contribution >= 4 is 0 Å². The molecule has 0 aromatic heterocycles. The number of aliphatic hydroxyl groups is 2. The maximum Gasteiger partial charge on any atom is 0.0916 e. The van der Waals surface area contributed by atoms with Gasteiger partial charge in [-0.15, -0.1) is 0 Å². The van der Waals surface area contributed by atoms with Crippen LogP contribution in [0.15, 0.2) is 12.3 Å². The Bertz CT molecular complexity index is 196. The number of nitrogens with one attached hydrogen (secondary N) is 1. The van der Waals surface area contributed by atoms with Crippen LogP contribution >= 0.6 is 0 Å². The van der Waals surface area contributed by atoms with Gasteiger partial charge >= 0.3 is 0 Å². The monoisotopic (exact) mass is 186 g/mol. The average Bonchev–Trinajstić information content (AvgIpc) is 2.49. The molecule has 13 heavy (non-hydrogen) atoms. The second-order valence-electron chi connectivity index (χ2n) is 3.62. The standard InChI is InChI=1S/C9H18N2O2/c1-3-9(2)4-5-10-11(9)6-8(13)7-12/h4-5,8,10,12-13H,3,6-7H2,1-2H3/t8-,9?/m1/s1. The van der Waals surface area contributed by atoms with Crippen LogP contribution in [0.2, 0.25) is 0 Å². The molecule has 4 nitrogen and oxygen atoms in total. The predicted octanol–water partition coefficient (Wildman–Crippen LogP) is -0.158. The minimum absolute atomic E-state index is 0.0455. The lowest BCUT2D eigenvalue weighted by Crippen LogP contribution is -2.50. The summed E-state index contributed by atoms with van der Waals surface area (Å²) in [5, 5.41) is 19.9. The summed E-state index contributed by atoms with van der Waals surface area (Å²) in [6.45, 7) is 4.43. The first kappa shape index (κ1) is 10.5. The minimum atomic E-state index is -0.682. The molecule has 0 saturated heterocycles. The summed E-state index contributed by atoms with van der Waals surface area (Å²) >= 11 is 0. The number of nitrogens with zero attached hydrogens (tertiary/aromatic N) is 1. The molecular weight excluding hydrogens is 168 g/mol. The summed E-state index contributed by atoms with van der Waals surface area (Å²) in [4.78, 5) is 0. The van der Waals surface area contributed by atoms with Gasteiger partial charge in [0.1, 0.15) is 0 Å². The highest BCUT2D eigenvalue weighted by molar-refractivity contribution is 5.08. The van der Waals surface area contributed by atoms with Gasteiger partial charge in [0.05, 0.1) is 18.2 Å². The molecule has 0 aromatic rings. The zero-order chi connectivity index (χ0) is 9.90. The van der Waals surface area contributed by atoms with E-state index >= 15 is 0 Å². The van der Waals surface area contributed by atoms with Crippen molar-refractivity contribution in [2.45, 2.75) is 31.9 Å². The van der Waals surface area contributed by atoms with Crippen molar-refractivity contribution in [2.75, 3.05) is 13.2 Å². The first-order valence-corrected chi connectivity index (χ1v) is 4.63. The summed E-state index contributed by atoms with van der Waals surface area (Å²) in [7, 11) is 0. The Balaban J connectivity index is 2.52. The molecule has 0 radical (unpaired) electrons. The van der Waals surface area contributed by atoms with Gasteiger partial charge in [0.25, 0.3) is 0 Å². The van der Waals surface area contributed by atoms with Gasteiger partial charge in [-0.05, 0) is 19.4 Å². The molecule has 1 aliphatic rings. The molecule has 0 bridgehead atoms. The topological polar surface area (TPSA) is 55.7 Å². The van der Waals surface area contributed by atoms with E-state index in [0.717, 1.165) is 6.42 Å². The average molecular weight is 186 g/mol. The van der Waals surface area contributed by atoms with Gasteiger partial charge in [-0.2, -0.15) is 0 Å². The summed E-state index contributed by atoms with van der Waals surface area (Å²) in [5.74, 6) is 0. The van der Waals surface area contributed by atoms with Crippen LogP contribution in [-0.2, 0) is 0 Å². The van der Waals surface area contributed by atoms with Crippen molar-refractivity contribution in [3.63, 3.8) is 0 Å². The van der Waals surface area contributed by atoms with Crippen molar-refractivity contribution < 1.29 is 10.2 Å². The van der Waals surface area contributed by atoms with Gasteiger partial charge in [0, 0.05) is 12.7 Å². The van der Waals surface area contributed by atoms with Crippen molar-refractivity contribution in [3.05, 3.63) is 12.3 Å². The number of hydrogen-bond acceptors (Lipinski definition) is 4. The molecule has 0 fully saturated rings. The number of hydrogen-bond donors (Lipinski definition) is 3. The molecule has 2 atom stereocenters. The fourth-order valence-corrected chi connectivity index (χ4v) is 1.38. The Kier molecular flexibility index (Phi) is 3.30. The van der Waals surface area contributed by atoms with Gasteiger partial charge in [-0.3, -0.25) is 0 Å². The number of hydrazine groups is 1. The highest BCUT2D eigenvalue weighted by atomic mass is 16.3. The summed E-state index contributed by atoms with van der Waals surface area (Å²) in [6, 6.07) is 0. The first-order chi connectivity index (χ1) is 6.12. The Morgan fingerprint density at radius 1 is 1.62 bits per heavy atom. The van der Waals surface area contributed by atoms with E-state index in [1.807, 2.05) is 11.2 Å². The van der Waals surface area contributed by atoms with E-state index in [1.54, 1.807) is 0 Å². The largest absolute Gasteiger partial charge is 0.394 e. The van der Waals surface area contributed by atoms with Crippen molar-refractivity contribution in [1.29, 1.82) is 0 Å². The minimum Gasteiger partial charge on any atom is -0.394 e. The molecule has 0 aliphatic carbocycles. The highest BCUT2D eigenvalue weighted by Crippen LogP contribution is 2.22. The Hall–Kier alpha value is -0.580. The zero-order valence-electron chi connectivity index (χ0n) is 8.20. The van der Waals surface area contributed by atoms with Crippen LogP contribution in [0.3, 0.4) is 0 Å². The van der Waals surface area contributed by atoms with Crippen molar-refractivity contribution in [1.82, 2.24) is 10.4 Å². The third-order valence-electron chi connectivity index (χ3n) is 2.61. The molecule has 76 valence electrons. The van der Waals surface area contributed by atoms with E-state index in [4.69, 9.17) is 5.11 Å². The Labute approximate surface area is 78.8 Å². The Morgan fingerprint density at radius 3 is 2.85 bits per heavy atom. The quantitative estimate of drug-likeness (QED) is 0.571. The van der Waals surface area contributed by atoms with E-state index in [2.05, 4.69) is 25.3 Å². The van der Waals surface area contributed by atoms with Crippen LogP contribution in [0.25, 0.3) is 0 Å². The summed E-state index contributed by atoms with van der Waals surface area (Å²) in [6.07, 6.45) is 4.22. The zero-order valence-corrected chi connectivity index (χ0v) is 8.20. The van der Waals surface area contributed by atoms with Gasteiger partial charge < -0.3 is 15.6 Å². The second-order valence-corrected chi connectivity index (χ2v) is 3.62. The molecule has 1 aliphatic heterocycles. The lowest BCUT2D eigenvalue weighted by molar-refractivity contribution is 0.0187. The van der Waals surface area contributed by atoms with E-state index in [9.17, 15) is 5.11 Å². The molecule has 0 spiro atoms. The van der Waals surface area contributed by atoms with Gasteiger partial charge in [-0.1, -0.05) is 6.92 Å². The van der Waals surface area contributed by atoms with Crippen molar-refractivity contribution in [2.24, 2.45) is 0 Å². The number of rotatable bonds is 4. The molecule has 0 aromatic carbocycles. The number of β-amino-alcohol motifs (C(OH)–C–C–N with tert-alkyl or cyclic N) is 1. The van der Waals surface area contributed by atoms with Crippen LogP contribution in [0.5, 0.6) is 0 Å². The van der Waals surface area contributed by atoms with E-state index < -0.39 is 6.10 Å². The normalized spacial score (nSPS) is 30.5. The number of aliphatic hydroxyl groups excluding tert-OH is 2. The molecule has 0 amide bonds. The Morgan fingerprint density at radius 2 is 2.31 bits per heavy atom. The van der Waals surface area contributed by atoms with Gasteiger partial charge in [-0.25, -0.2) is 5.01 Å². The molecule has 0 saturated carbocycles. The fourth-order valence-electron chi connectivity index (χ4n) is 1.38. The van der Waals surface area contributed by atoms with Crippen LogP contribution in [0.1, 0.15) is 20.3 Å². The molecule has 1 rings (SSSR count). The molecule has 3 N–H and O–H groups in total. The van der Waals surface area contributed by atoms with Crippen LogP contribution < -0.4 is 5.43 Å². The lowest BCUT2D eigenvalue weighted by atomic mass is 9.99. The van der Waals surface area contributed by atoms with Crippen LogP contribution in [0, 0.1) is 0 Å². The van der Waals surface area contributed by atoms with Crippen LogP contribution in [0.4, 0.5) is 0 Å². The van der Waals surface area contributed by atoms with Gasteiger partial charge in [0.15, 0.2) is 0 Å².